The molecule has 0 saturated carbocycles. The third kappa shape index (κ3) is 5.11. The number of ether oxygens (including phenoxy) is 2. The van der Waals surface area contributed by atoms with Crippen molar-refractivity contribution in [1.82, 2.24) is 0 Å². The van der Waals surface area contributed by atoms with E-state index in [0.717, 1.165) is 0 Å². The third-order valence-electron chi connectivity index (χ3n) is 2.06. The molecule has 8 heteroatoms. The lowest BCUT2D eigenvalue weighted by Gasteiger charge is -2.28. The number of carbonyl (C=O) groups excluding carboxylic acids is 2. The monoisotopic (exact) mass is 393 g/mol. The van der Waals surface area contributed by atoms with Gasteiger partial charge in [0.1, 0.15) is 6.42 Å². The summed E-state index contributed by atoms with van der Waals surface area (Å²) in [6, 6.07) is 6.62. The number of para-hydroxylation sites is 1. The van der Waals surface area contributed by atoms with Crippen LogP contribution in [0.5, 0.6) is 0 Å². The first-order valence-corrected chi connectivity index (χ1v) is 6.62. The van der Waals surface area contributed by atoms with E-state index in [2.05, 4.69) is 9.47 Å². The van der Waals surface area contributed by atoms with Gasteiger partial charge in [-0.25, -0.2) is 0 Å². The van der Waals surface area contributed by atoms with Gasteiger partial charge in [0.05, 0.1) is 8.49 Å². The van der Waals surface area contributed by atoms with Gasteiger partial charge in [0.25, 0.3) is 11.5 Å². The van der Waals surface area contributed by atoms with Gasteiger partial charge in [-0.05, 0) is 28.7 Å². The zero-order chi connectivity index (χ0) is 15.3. The molecule has 0 aromatic heterocycles. The molecule has 20 heavy (non-hydrogen) atoms. The molecular weight excluding hydrogens is 381 g/mol. The molecule has 1 aliphatic rings. The van der Waals surface area contributed by atoms with E-state index in [1.165, 1.54) is 19.9 Å². The number of rotatable bonds is 1. The van der Waals surface area contributed by atoms with Gasteiger partial charge >= 0.3 is 11.9 Å². The molecule has 0 spiro atoms. The Morgan fingerprint density at radius 1 is 1.20 bits per heavy atom. The number of nitrogens with zero attached hydrogens (tertiary/aromatic N) is 1. The van der Waals surface area contributed by atoms with Gasteiger partial charge < -0.3 is 9.47 Å². The number of nitro benzene ring substituents is 1. The minimum Gasteiger partial charge on any atom is -0.423 e. The number of cyclic esters (lactones) is 2. The van der Waals surface area contributed by atoms with Gasteiger partial charge in [-0.15, -0.1) is 0 Å². The predicted molar refractivity (Wildman–Crippen MR) is 76.7 cm³/mol. The highest BCUT2D eigenvalue weighted by molar-refractivity contribution is 14.1. The molecule has 0 amide bonds. The summed E-state index contributed by atoms with van der Waals surface area (Å²) in [7, 11) is 0. The SMILES string of the molecule is CC1(C)OC(=O)CC(=O)O1.O=[N+]([O-])c1ccccc1I. The average Bonchev–Trinajstić information content (AvgIpc) is 2.26. The van der Waals surface area contributed by atoms with Crippen LogP contribution >= 0.6 is 22.6 Å². The Morgan fingerprint density at radius 3 is 2.05 bits per heavy atom. The number of nitro groups is 1. The lowest BCUT2D eigenvalue weighted by Crippen LogP contribution is -2.39. The summed E-state index contributed by atoms with van der Waals surface area (Å²) < 4.78 is 10.00. The van der Waals surface area contributed by atoms with E-state index in [9.17, 15) is 19.7 Å². The molecule has 0 unspecified atom stereocenters. The highest BCUT2D eigenvalue weighted by Crippen LogP contribution is 2.19. The molecule has 108 valence electrons. The number of halogens is 1. The average molecular weight is 393 g/mol. The number of benzene rings is 1. The van der Waals surface area contributed by atoms with Gasteiger partial charge in [-0.3, -0.25) is 19.7 Å². The highest BCUT2D eigenvalue weighted by Gasteiger charge is 2.34. The number of hydrogen-bond donors (Lipinski definition) is 0. The van der Waals surface area contributed by atoms with E-state index in [1.54, 1.807) is 18.2 Å². The van der Waals surface area contributed by atoms with E-state index in [-0.39, 0.29) is 17.0 Å². The summed E-state index contributed by atoms with van der Waals surface area (Å²) in [5.74, 6) is -2.13. The van der Waals surface area contributed by atoms with Crippen molar-refractivity contribution < 1.29 is 24.0 Å². The van der Waals surface area contributed by atoms with Crippen LogP contribution in [0.2, 0.25) is 0 Å². The van der Waals surface area contributed by atoms with Crippen LogP contribution in [0.1, 0.15) is 20.3 Å². The van der Waals surface area contributed by atoms with Crippen LogP contribution in [-0.2, 0) is 19.1 Å². The van der Waals surface area contributed by atoms with E-state index in [4.69, 9.17) is 0 Å². The summed E-state index contributed by atoms with van der Waals surface area (Å²) in [6.45, 7) is 3.03. The summed E-state index contributed by atoms with van der Waals surface area (Å²) in [4.78, 5) is 31.0. The van der Waals surface area contributed by atoms with Crippen molar-refractivity contribution in [2.75, 3.05) is 0 Å². The summed E-state index contributed by atoms with van der Waals surface area (Å²) >= 11 is 1.93. The van der Waals surface area contributed by atoms with Gasteiger partial charge in [-0.1, -0.05) is 12.1 Å². The maximum Gasteiger partial charge on any atom is 0.320 e. The first kappa shape index (κ1) is 16.3. The molecule has 1 aromatic rings. The van der Waals surface area contributed by atoms with Crippen LogP contribution in [-0.4, -0.2) is 22.6 Å². The fraction of sp³-hybridized carbons (Fsp3) is 0.333. The smallest absolute Gasteiger partial charge is 0.320 e. The van der Waals surface area contributed by atoms with Crippen molar-refractivity contribution in [3.63, 3.8) is 0 Å². The molecule has 2 rings (SSSR count). The Hall–Kier alpha value is -1.71. The minimum atomic E-state index is -1.08. The fourth-order valence-electron chi connectivity index (χ4n) is 1.36. The molecule has 1 aromatic carbocycles. The quantitative estimate of drug-likeness (QED) is 0.239. The minimum absolute atomic E-state index is 0.170. The van der Waals surface area contributed by atoms with Gasteiger partial charge in [0, 0.05) is 19.9 Å². The van der Waals surface area contributed by atoms with Crippen LogP contribution in [0, 0.1) is 13.7 Å². The van der Waals surface area contributed by atoms with Gasteiger partial charge in [0.15, 0.2) is 0 Å². The molecule has 0 atom stereocenters. The lowest BCUT2D eigenvalue weighted by atomic mass is 10.3. The molecule has 7 nitrogen and oxygen atoms in total. The molecule has 0 radical (unpaired) electrons. The molecule has 0 bridgehead atoms. The molecule has 1 fully saturated rings. The van der Waals surface area contributed by atoms with Crippen LogP contribution in [0.25, 0.3) is 0 Å². The zero-order valence-electron chi connectivity index (χ0n) is 10.8. The molecule has 1 aliphatic heterocycles. The van der Waals surface area contributed by atoms with Crippen molar-refractivity contribution in [2.45, 2.75) is 26.1 Å². The van der Waals surface area contributed by atoms with Gasteiger partial charge in [0.2, 0.25) is 0 Å². The summed E-state index contributed by atoms with van der Waals surface area (Å²) in [5.41, 5.74) is 0.170. The highest BCUT2D eigenvalue weighted by atomic mass is 127. The second-order valence-electron chi connectivity index (χ2n) is 4.23. The largest absolute Gasteiger partial charge is 0.423 e. The van der Waals surface area contributed by atoms with Crippen LogP contribution in [0.15, 0.2) is 24.3 Å². The van der Waals surface area contributed by atoms with E-state index >= 15 is 0 Å². The molecule has 1 saturated heterocycles. The standard InChI is InChI=1S/C6H4INO2.C6H8O4/c7-5-3-1-2-4-6(5)8(9)10;1-6(2)9-4(7)3-5(8)10-6/h1-4H;3H2,1-2H3. The zero-order valence-corrected chi connectivity index (χ0v) is 12.9. The van der Waals surface area contributed by atoms with Crippen molar-refractivity contribution in [3.8, 4) is 0 Å². The lowest BCUT2D eigenvalue weighted by molar-refractivity contribution is -0.385. The van der Waals surface area contributed by atoms with Crippen molar-refractivity contribution in [2.24, 2.45) is 0 Å². The van der Waals surface area contributed by atoms with E-state index in [0.29, 0.717) is 3.57 Å². The maximum atomic E-state index is 10.6. The van der Waals surface area contributed by atoms with Gasteiger partial charge in [-0.2, -0.15) is 0 Å². The summed E-state index contributed by atoms with van der Waals surface area (Å²) in [6.07, 6.45) is -0.274. The Kier molecular flexibility index (Phi) is 5.43. The number of hydrogen-bond acceptors (Lipinski definition) is 6. The van der Waals surface area contributed by atoms with Crippen molar-refractivity contribution in [3.05, 3.63) is 37.9 Å². The first-order valence-electron chi connectivity index (χ1n) is 5.54. The first-order chi connectivity index (χ1) is 9.21. The molecule has 1 heterocycles. The molecule has 0 N–H and O–H groups in total. The Bertz CT molecular complexity index is 525. The maximum absolute atomic E-state index is 10.6. The normalized spacial score (nSPS) is 16.4. The van der Waals surface area contributed by atoms with Crippen molar-refractivity contribution in [1.29, 1.82) is 0 Å². The second-order valence-corrected chi connectivity index (χ2v) is 5.40. The molecule has 0 aliphatic carbocycles. The van der Waals surface area contributed by atoms with E-state index in [1.807, 2.05) is 22.6 Å². The van der Waals surface area contributed by atoms with Crippen molar-refractivity contribution >= 4 is 40.2 Å². The Labute approximate surface area is 128 Å². The topological polar surface area (TPSA) is 95.7 Å². The molecular formula is C12H12INO6. The number of esters is 2. The van der Waals surface area contributed by atoms with Crippen LogP contribution in [0.3, 0.4) is 0 Å². The third-order valence-corrected chi connectivity index (χ3v) is 2.97. The van der Waals surface area contributed by atoms with Crippen LogP contribution in [0.4, 0.5) is 5.69 Å². The number of carbonyl (C=O) groups is 2. The van der Waals surface area contributed by atoms with E-state index < -0.39 is 17.7 Å². The summed E-state index contributed by atoms with van der Waals surface area (Å²) in [5, 5.41) is 10.2. The second kappa shape index (κ2) is 6.64. The van der Waals surface area contributed by atoms with Crippen LogP contribution < -0.4 is 0 Å². The Morgan fingerprint density at radius 2 is 1.70 bits per heavy atom. The Balaban J connectivity index is 0.000000200. The fourth-order valence-corrected chi connectivity index (χ4v) is 1.94. The predicted octanol–water partition coefficient (Wildman–Crippen LogP) is 2.41.